The number of hydrogen-bond acceptors (Lipinski definition) is 4. The van der Waals surface area contributed by atoms with Gasteiger partial charge in [0.05, 0.1) is 22.8 Å². The van der Waals surface area contributed by atoms with E-state index in [4.69, 9.17) is 20.0 Å². The van der Waals surface area contributed by atoms with E-state index in [1.165, 1.54) is 108 Å². The van der Waals surface area contributed by atoms with Crippen molar-refractivity contribution in [2.45, 2.75) is 81.1 Å². The Bertz CT molecular complexity index is 3240. The van der Waals surface area contributed by atoms with E-state index in [1.54, 1.807) is 0 Å². The molecule has 8 aromatic rings. The van der Waals surface area contributed by atoms with Gasteiger partial charge in [0, 0.05) is 30.6 Å². The third-order valence-electron chi connectivity index (χ3n) is 13.6. The molecule has 1 radical (unpaired) electrons. The van der Waals surface area contributed by atoms with Gasteiger partial charge in [-0.2, -0.15) is 0 Å². The van der Waals surface area contributed by atoms with Gasteiger partial charge >= 0.3 is 17.1 Å². The third-order valence-corrected chi connectivity index (χ3v) is 15.9. The number of aliphatic imine (C=N–C) groups is 2. The van der Waals surface area contributed by atoms with Gasteiger partial charge in [0.2, 0.25) is 0 Å². The number of nitrogens with zero attached hydrogens (tertiary/aromatic N) is 4. The Balaban J connectivity index is 0.000000151. The molecule has 0 amide bonds. The van der Waals surface area contributed by atoms with Crippen molar-refractivity contribution in [3.05, 3.63) is 195 Å². The maximum atomic E-state index is 5.19. The van der Waals surface area contributed by atoms with Crippen LogP contribution in [0.5, 0.6) is 0 Å². The van der Waals surface area contributed by atoms with Crippen LogP contribution in [-0.2, 0) is 29.9 Å². The molecule has 2 aliphatic heterocycles. The van der Waals surface area contributed by atoms with E-state index in [9.17, 15) is 0 Å². The first-order valence-electron chi connectivity index (χ1n) is 22.5. The molecule has 6 heterocycles. The van der Waals surface area contributed by atoms with Crippen molar-refractivity contribution in [1.29, 1.82) is 0 Å². The first-order chi connectivity index (χ1) is 31.0. The first-order valence-corrected chi connectivity index (χ1v) is 24.1. The number of rotatable bonds is 4. The molecular weight excluding hydrogens is 880 g/mol. The first kappa shape index (κ1) is 43.1. The Morgan fingerprint density at radius 3 is 1.29 bits per heavy atom. The second-order valence-electron chi connectivity index (χ2n) is 17.9. The molecule has 2 aliphatic carbocycles. The quantitative estimate of drug-likeness (QED) is 0.165. The van der Waals surface area contributed by atoms with E-state index < -0.39 is 0 Å². The summed E-state index contributed by atoms with van der Waals surface area (Å²) < 4.78 is 0. The molecule has 4 aromatic carbocycles. The summed E-state index contributed by atoms with van der Waals surface area (Å²) in [5, 5.41) is 4.88. The van der Waals surface area contributed by atoms with E-state index in [-0.39, 0.29) is 17.1 Å². The minimum Gasteiger partial charge on any atom is -0.656 e. The van der Waals surface area contributed by atoms with Crippen LogP contribution >= 0.6 is 22.7 Å². The molecule has 7 heteroatoms. The summed E-state index contributed by atoms with van der Waals surface area (Å²) in [5.41, 5.74) is 24.4. The summed E-state index contributed by atoms with van der Waals surface area (Å²) in [7, 11) is 0. The van der Waals surface area contributed by atoms with E-state index in [0.717, 1.165) is 71.3 Å². The molecule has 0 unspecified atom stereocenters. The maximum Gasteiger partial charge on any atom is 2.00 e. The standard InChI is InChI=1S/2C29H25N2S.Cu/c2*1-16-9-12-24-25(13-16)29(27-17(2)18(3)32-19(27)4)31-26(24)15-22-14-21-11-10-20-7-5-6-8-23(20)28(21)30-22;/h2*5-9,12-15H,10-11H2,1-4H3;/q2*-1;+2. The summed E-state index contributed by atoms with van der Waals surface area (Å²) in [6.07, 6.45) is 13.1. The molecule has 4 nitrogen and oxygen atoms in total. The van der Waals surface area contributed by atoms with Gasteiger partial charge in [-0.3, -0.25) is 0 Å². The fourth-order valence-corrected chi connectivity index (χ4v) is 12.4. The van der Waals surface area contributed by atoms with Crippen molar-refractivity contribution in [2.75, 3.05) is 0 Å². The minimum absolute atomic E-state index is 0. The molecule has 65 heavy (non-hydrogen) atoms. The monoisotopic (exact) mass is 929 g/mol. The zero-order chi connectivity index (χ0) is 44.0. The van der Waals surface area contributed by atoms with Crippen molar-refractivity contribution < 1.29 is 17.1 Å². The van der Waals surface area contributed by atoms with Crippen LogP contribution in [0.15, 0.2) is 130 Å². The van der Waals surface area contributed by atoms with Crippen molar-refractivity contribution in [1.82, 2.24) is 9.97 Å². The summed E-state index contributed by atoms with van der Waals surface area (Å²) >= 11 is 3.73. The van der Waals surface area contributed by atoms with Crippen molar-refractivity contribution in [3.8, 4) is 22.5 Å². The summed E-state index contributed by atoms with van der Waals surface area (Å²) in [5.74, 6) is 0. The van der Waals surface area contributed by atoms with Crippen LogP contribution in [-0.4, -0.2) is 11.4 Å². The fourth-order valence-electron chi connectivity index (χ4n) is 10.2. The van der Waals surface area contributed by atoms with E-state index in [1.807, 2.05) is 22.7 Å². The predicted molar refractivity (Wildman–Crippen MR) is 274 cm³/mol. The Morgan fingerprint density at radius 2 is 0.892 bits per heavy atom. The van der Waals surface area contributed by atoms with Crippen LogP contribution in [0.4, 0.5) is 0 Å². The van der Waals surface area contributed by atoms with Gasteiger partial charge in [0.15, 0.2) is 0 Å². The molecule has 0 atom stereocenters. The van der Waals surface area contributed by atoms with E-state index >= 15 is 0 Å². The molecule has 0 saturated heterocycles. The van der Waals surface area contributed by atoms with Crippen molar-refractivity contribution in [2.24, 2.45) is 9.98 Å². The molecule has 4 aliphatic rings. The van der Waals surface area contributed by atoms with Crippen molar-refractivity contribution in [3.63, 3.8) is 0 Å². The van der Waals surface area contributed by atoms with Crippen LogP contribution in [0.1, 0.15) is 88.2 Å². The number of benzene rings is 4. The van der Waals surface area contributed by atoms with Gasteiger partial charge in [-0.25, -0.2) is 9.98 Å². The molecule has 0 fully saturated rings. The van der Waals surface area contributed by atoms with Gasteiger partial charge in [-0.05, 0) is 159 Å². The molecule has 4 aromatic heterocycles. The average Bonchev–Trinajstić information content (AvgIpc) is 4.13. The van der Waals surface area contributed by atoms with Crippen molar-refractivity contribution >= 4 is 67.8 Å². The molecular formula is C58H50CuN4S2. The number of aryl methyl sites for hydroxylation is 8. The van der Waals surface area contributed by atoms with Crippen LogP contribution in [0.2, 0.25) is 0 Å². The largest absolute Gasteiger partial charge is 2.00 e. The summed E-state index contributed by atoms with van der Waals surface area (Å²) in [6.45, 7) is 17.6. The number of allylic oxidation sites excluding steroid dienone is 4. The van der Waals surface area contributed by atoms with Gasteiger partial charge in [0.1, 0.15) is 0 Å². The molecule has 0 N–H and O–H groups in total. The molecule has 325 valence electrons. The number of hydrogen-bond donors (Lipinski definition) is 0. The van der Waals surface area contributed by atoms with Gasteiger partial charge in [-0.15, -0.1) is 45.4 Å². The minimum atomic E-state index is 0. The van der Waals surface area contributed by atoms with E-state index in [0.29, 0.717) is 0 Å². The molecule has 12 rings (SSSR count). The fraction of sp³-hybridized carbons (Fsp3) is 0.207. The SMILES string of the molecule is Cc1ccc2c(C=C3C=C4CCc5ccccc5C4=N3)[n-]c(-c3c(C)sc(C)c3C)c2c1.Cc1ccc2c(C=C3C=C4CCc5ccccc5C4=N3)[n-]c(-c3c(C)sc(C)c3C)c2c1.[Cu+2]. The Morgan fingerprint density at radius 1 is 0.477 bits per heavy atom. The average molecular weight is 931 g/mol. The molecule has 0 spiro atoms. The second-order valence-corrected chi connectivity index (χ2v) is 20.8. The van der Waals surface area contributed by atoms with Gasteiger partial charge in [0.25, 0.3) is 0 Å². The van der Waals surface area contributed by atoms with Crippen LogP contribution in [0.25, 0.3) is 56.2 Å². The third kappa shape index (κ3) is 7.53. The number of thiophene rings is 2. The molecule has 0 bridgehead atoms. The Kier molecular flexibility index (Phi) is 11.2. The zero-order valence-corrected chi connectivity index (χ0v) is 40.7. The maximum absolute atomic E-state index is 5.19. The van der Waals surface area contributed by atoms with Crippen LogP contribution in [0, 0.1) is 55.4 Å². The van der Waals surface area contributed by atoms with Crippen LogP contribution in [0.3, 0.4) is 0 Å². The summed E-state index contributed by atoms with van der Waals surface area (Å²) in [4.78, 5) is 25.9. The van der Waals surface area contributed by atoms with Gasteiger partial charge in [-0.1, -0.05) is 108 Å². The zero-order valence-electron chi connectivity index (χ0n) is 38.1. The summed E-state index contributed by atoms with van der Waals surface area (Å²) in [6, 6.07) is 30.7. The Hall–Kier alpha value is -5.82. The smallest absolute Gasteiger partial charge is 0.656 e. The Labute approximate surface area is 400 Å². The normalized spacial score (nSPS) is 16.1. The number of aromatic nitrogens is 2. The molecule has 0 saturated carbocycles. The predicted octanol–water partition coefficient (Wildman–Crippen LogP) is 14.9. The van der Waals surface area contributed by atoms with Crippen LogP contribution < -0.4 is 9.97 Å². The number of fused-ring (bicyclic) bond motifs is 8. The second kappa shape index (κ2) is 16.9. The topological polar surface area (TPSA) is 52.9 Å². The van der Waals surface area contributed by atoms with Gasteiger partial charge < -0.3 is 9.97 Å². The van der Waals surface area contributed by atoms with E-state index in [2.05, 4.69) is 165 Å².